The molecule has 0 aromatic heterocycles. The first-order chi connectivity index (χ1) is 12.1. The molecule has 1 aliphatic heterocycles. The Hall–Kier alpha value is -1.72. The first-order valence-electron chi connectivity index (χ1n) is 8.93. The van der Waals surface area contributed by atoms with Crippen molar-refractivity contribution in [3.63, 3.8) is 0 Å². The average molecular weight is 341 g/mol. The van der Waals surface area contributed by atoms with E-state index in [2.05, 4.69) is 36.1 Å². The second kappa shape index (κ2) is 8.59. The van der Waals surface area contributed by atoms with Crippen LogP contribution in [0.2, 0.25) is 0 Å². The van der Waals surface area contributed by atoms with Crippen molar-refractivity contribution in [3.05, 3.63) is 71.3 Å². The van der Waals surface area contributed by atoms with Gasteiger partial charge in [0.25, 0.3) is 0 Å². The molecule has 134 valence electrons. The smallest absolute Gasteiger partial charge is 0.108 e. The molecule has 0 saturated carbocycles. The van der Waals surface area contributed by atoms with Gasteiger partial charge in [0.05, 0.1) is 18.8 Å². The van der Waals surface area contributed by atoms with E-state index in [0.29, 0.717) is 13.1 Å². The van der Waals surface area contributed by atoms with Gasteiger partial charge >= 0.3 is 0 Å². The number of rotatable bonds is 7. The Morgan fingerprint density at radius 2 is 1.76 bits per heavy atom. The second-order valence-corrected chi connectivity index (χ2v) is 6.89. The molecule has 2 aromatic rings. The van der Waals surface area contributed by atoms with Crippen LogP contribution in [-0.2, 0) is 4.74 Å². The first kappa shape index (κ1) is 18.1. The molecule has 0 aliphatic carbocycles. The number of nitrogens with zero attached hydrogens (tertiary/aromatic N) is 1. The van der Waals surface area contributed by atoms with Crippen LogP contribution in [0, 0.1) is 6.92 Å². The van der Waals surface area contributed by atoms with E-state index >= 15 is 0 Å². The molecular formula is C21H27NO3. The van der Waals surface area contributed by atoms with Crippen LogP contribution in [-0.4, -0.2) is 53.6 Å². The SMILES string of the molecule is Cc1ccc(C(OCC(O)CN2CC[C@H](O)C2)c2ccccc2)cc1. The number of ether oxygens (including phenoxy) is 1. The van der Waals surface area contributed by atoms with Gasteiger partial charge in [0.2, 0.25) is 0 Å². The maximum atomic E-state index is 10.3. The zero-order chi connectivity index (χ0) is 17.6. The molecule has 1 fully saturated rings. The van der Waals surface area contributed by atoms with Crippen LogP contribution in [0.3, 0.4) is 0 Å². The highest BCUT2D eigenvalue weighted by Gasteiger charge is 2.23. The number of aryl methyl sites for hydroxylation is 1. The summed E-state index contributed by atoms with van der Waals surface area (Å²) >= 11 is 0. The number of hydrogen-bond donors (Lipinski definition) is 2. The zero-order valence-corrected chi connectivity index (χ0v) is 14.7. The molecule has 1 heterocycles. The molecule has 2 aromatic carbocycles. The van der Waals surface area contributed by atoms with E-state index in [1.165, 1.54) is 5.56 Å². The van der Waals surface area contributed by atoms with Crippen molar-refractivity contribution in [2.24, 2.45) is 0 Å². The summed E-state index contributed by atoms with van der Waals surface area (Å²) in [5.41, 5.74) is 3.37. The molecule has 4 heteroatoms. The minimum atomic E-state index is -0.568. The third-order valence-electron chi connectivity index (χ3n) is 4.65. The van der Waals surface area contributed by atoms with E-state index in [0.717, 1.165) is 24.1 Å². The van der Waals surface area contributed by atoms with Crippen LogP contribution >= 0.6 is 0 Å². The van der Waals surface area contributed by atoms with Gasteiger partial charge in [-0.05, 0) is 24.5 Å². The summed E-state index contributed by atoms with van der Waals surface area (Å²) in [5.74, 6) is 0. The molecule has 3 atom stereocenters. The number of aliphatic hydroxyl groups excluding tert-OH is 2. The Labute approximate surface area is 149 Å². The van der Waals surface area contributed by atoms with Crippen molar-refractivity contribution in [1.29, 1.82) is 0 Å². The molecule has 1 aliphatic rings. The lowest BCUT2D eigenvalue weighted by atomic mass is 10.0. The van der Waals surface area contributed by atoms with E-state index in [-0.39, 0.29) is 18.8 Å². The number of hydrogen-bond acceptors (Lipinski definition) is 4. The maximum Gasteiger partial charge on any atom is 0.108 e. The van der Waals surface area contributed by atoms with E-state index in [1.54, 1.807) is 0 Å². The Balaban J connectivity index is 1.64. The molecule has 0 spiro atoms. The summed E-state index contributed by atoms with van der Waals surface area (Å²) in [6.07, 6.45) is -0.246. The van der Waals surface area contributed by atoms with Crippen LogP contribution in [0.25, 0.3) is 0 Å². The molecule has 2 N–H and O–H groups in total. The lowest BCUT2D eigenvalue weighted by molar-refractivity contribution is -0.00686. The second-order valence-electron chi connectivity index (χ2n) is 6.89. The highest BCUT2D eigenvalue weighted by Crippen LogP contribution is 2.26. The van der Waals surface area contributed by atoms with Gasteiger partial charge in [0.1, 0.15) is 6.10 Å². The highest BCUT2D eigenvalue weighted by molar-refractivity contribution is 5.31. The fourth-order valence-electron chi connectivity index (χ4n) is 3.29. The lowest BCUT2D eigenvalue weighted by Gasteiger charge is -2.23. The molecule has 0 amide bonds. The average Bonchev–Trinajstić information content (AvgIpc) is 3.02. The van der Waals surface area contributed by atoms with Crippen molar-refractivity contribution >= 4 is 0 Å². The van der Waals surface area contributed by atoms with E-state index in [4.69, 9.17) is 4.74 Å². The quantitative estimate of drug-likeness (QED) is 0.813. The summed E-state index contributed by atoms with van der Waals surface area (Å²) in [7, 11) is 0. The molecule has 0 bridgehead atoms. The third kappa shape index (κ3) is 5.13. The van der Waals surface area contributed by atoms with Gasteiger partial charge in [0.15, 0.2) is 0 Å². The number of aliphatic hydroxyl groups is 2. The van der Waals surface area contributed by atoms with Gasteiger partial charge in [-0.3, -0.25) is 4.90 Å². The molecule has 25 heavy (non-hydrogen) atoms. The summed E-state index contributed by atoms with van der Waals surface area (Å²) in [5, 5.41) is 19.9. The summed E-state index contributed by atoms with van der Waals surface area (Å²) < 4.78 is 6.11. The lowest BCUT2D eigenvalue weighted by Crippen LogP contribution is -2.34. The molecule has 4 nitrogen and oxygen atoms in total. The number of benzene rings is 2. The van der Waals surface area contributed by atoms with E-state index in [1.807, 2.05) is 30.3 Å². The van der Waals surface area contributed by atoms with Crippen molar-refractivity contribution < 1.29 is 14.9 Å². The van der Waals surface area contributed by atoms with Gasteiger partial charge in [-0.15, -0.1) is 0 Å². The predicted octanol–water partition coefficient (Wildman–Crippen LogP) is 2.53. The Morgan fingerprint density at radius 3 is 2.40 bits per heavy atom. The molecule has 1 saturated heterocycles. The van der Waals surface area contributed by atoms with Crippen LogP contribution in [0.4, 0.5) is 0 Å². The Kier molecular flexibility index (Phi) is 6.21. The van der Waals surface area contributed by atoms with Gasteiger partial charge in [0, 0.05) is 19.6 Å². The van der Waals surface area contributed by atoms with Gasteiger partial charge in [-0.2, -0.15) is 0 Å². The minimum Gasteiger partial charge on any atom is -0.392 e. The topological polar surface area (TPSA) is 52.9 Å². The standard InChI is InChI=1S/C21H27NO3/c1-16-7-9-18(10-8-16)21(17-5-3-2-4-6-17)25-15-20(24)14-22-12-11-19(23)13-22/h2-10,19-21,23-24H,11-15H2,1H3/t19-,20?,21?/m0/s1. The molecule has 0 radical (unpaired) electrons. The van der Waals surface area contributed by atoms with E-state index in [9.17, 15) is 10.2 Å². The minimum absolute atomic E-state index is 0.194. The Morgan fingerprint density at radius 1 is 1.08 bits per heavy atom. The number of β-amino-alcohol motifs (C(OH)–C–C–N with tert-alkyl or cyclic N) is 2. The number of likely N-dealkylation sites (tertiary alicyclic amines) is 1. The first-order valence-corrected chi connectivity index (χ1v) is 8.93. The Bertz CT molecular complexity index is 644. The van der Waals surface area contributed by atoms with E-state index < -0.39 is 6.10 Å². The van der Waals surface area contributed by atoms with Gasteiger partial charge in [-0.25, -0.2) is 0 Å². The van der Waals surface area contributed by atoms with Crippen LogP contribution in [0.15, 0.2) is 54.6 Å². The largest absolute Gasteiger partial charge is 0.392 e. The summed E-state index contributed by atoms with van der Waals surface area (Å²) in [4.78, 5) is 2.09. The normalized spacial score (nSPS) is 20.5. The molecule has 2 unspecified atom stereocenters. The third-order valence-corrected chi connectivity index (χ3v) is 4.65. The van der Waals surface area contributed by atoms with Gasteiger partial charge in [-0.1, -0.05) is 60.2 Å². The van der Waals surface area contributed by atoms with Crippen molar-refractivity contribution in [2.45, 2.75) is 31.7 Å². The molecular weight excluding hydrogens is 314 g/mol. The van der Waals surface area contributed by atoms with Crippen molar-refractivity contribution in [2.75, 3.05) is 26.2 Å². The fourth-order valence-corrected chi connectivity index (χ4v) is 3.29. The van der Waals surface area contributed by atoms with Crippen molar-refractivity contribution in [1.82, 2.24) is 4.90 Å². The fraction of sp³-hybridized carbons (Fsp3) is 0.429. The predicted molar refractivity (Wildman–Crippen MR) is 98.5 cm³/mol. The zero-order valence-electron chi connectivity index (χ0n) is 14.7. The van der Waals surface area contributed by atoms with Crippen molar-refractivity contribution in [3.8, 4) is 0 Å². The van der Waals surface area contributed by atoms with Gasteiger partial charge < -0.3 is 14.9 Å². The monoisotopic (exact) mass is 341 g/mol. The maximum absolute atomic E-state index is 10.3. The highest BCUT2D eigenvalue weighted by atomic mass is 16.5. The van der Waals surface area contributed by atoms with Crippen LogP contribution in [0.1, 0.15) is 29.2 Å². The summed E-state index contributed by atoms with van der Waals surface area (Å²) in [6, 6.07) is 18.4. The van der Waals surface area contributed by atoms with Crippen LogP contribution in [0.5, 0.6) is 0 Å². The summed E-state index contributed by atoms with van der Waals surface area (Å²) in [6.45, 7) is 4.33. The van der Waals surface area contributed by atoms with Crippen LogP contribution < -0.4 is 0 Å². The molecule has 3 rings (SSSR count).